The maximum atomic E-state index is 12.4. The number of nitro benzene ring substituents is 1. The molecule has 0 radical (unpaired) electrons. The van der Waals surface area contributed by atoms with E-state index in [4.69, 9.17) is 4.74 Å². The van der Waals surface area contributed by atoms with Gasteiger partial charge < -0.3 is 15.4 Å². The van der Waals surface area contributed by atoms with Gasteiger partial charge in [-0.3, -0.25) is 10.1 Å². The van der Waals surface area contributed by atoms with Crippen molar-refractivity contribution in [2.45, 2.75) is 6.04 Å². The van der Waals surface area contributed by atoms with Crippen LogP contribution >= 0.6 is 0 Å². The lowest BCUT2D eigenvalue weighted by molar-refractivity contribution is -0.384. The SMILES string of the molecule is O=C1NC(c2ccccc2)=C(Oc2ccc([N+](=O)[O-])cc2)C(c2ccccc2)N1. The summed E-state index contributed by atoms with van der Waals surface area (Å²) in [6.07, 6.45) is 0. The Morgan fingerprint density at radius 2 is 1.48 bits per heavy atom. The number of hydrogen-bond donors (Lipinski definition) is 2. The molecule has 1 aliphatic rings. The Balaban J connectivity index is 1.81. The smallest absolute Gasteiger partial charge is 0.320 e. The molecule has 4 rings (SSSR count). The number of carbonyl (C=O) groups excluding carboxylic acids is 1. The molecule has 7 nitrogen and oxygen atoms in total. The summed E-state index contributed by atoms with van der Waals surface area (Å²) in [6, 6.07) is 23.8. The van der Waals surface area contributed by atoms with E-state index in [2.05, 4.69) is 10.6 Å². The molecule has 144 valence electrons. The van der Waals surface area contributed by atoms with Crippen molar-refractivity contribution in [2.24, 2.45) is 0 Å². The fourth-order valence-corrected chi connectivity index (χ4v) is 3.12. The lowest BCUT2D eigenvalue weighted by Crippen LogP contribution is -2.44. The molecular formula is C22H17N3O4. The van der Waals surface area contributed by atoms with Gasteiger partial charge in [0.15, 0.2) is 5.76 Å². The van der Waals surface area contributed by atoms with Gasteiger partial charge in [0.2, 0.25) is 0 Å². The molecule has 0 saturated heterocycles. The van der Waals surface area contributed by atoms with Crippen molar-refractivity contribution in [1.82, 2.24) is 10.6 Å². The largest absolute Gasteiger partial charge is 0.457 e. The molecule has 0 saturated carbocycles. The molecule has 29 heavy (non-hydrogen) atoms. The first-order valence-corrected chi connectivity index (χ1v) is 8.96. The third-order valence-electron chi connectivity index (χ3n) is 4.49. The van der Waals surface area contributed by atoms with Crippen LogP contribution in [0.5, 0.6) is 5.75 Å². The standard InChI is InChI=1S/C22H17N3O4/c26-22-23-19(15-7-3-1-4-8-15)21(20(24-22)16-9-5-2-6-10-16)29-18-13-11-17(12-14-18)25(27)28/h1-14,19H,(H2,23,24,26). The first-order valence-electron chi connectivity index (χ1n) is 8.96. The van der Waals surface area contributed by atoms with Crippen LogP contribution in [0.1, 0.15) is 17.2 Å². The predicted octanol–water partition coefficient (Wildman–Crippen LogP) is 4.40. The van der Waals surface area contributed by atoms with E-state index in [1.54, 1.807) is 0 Å². The first-order chi connectivity index (χ1) is 14.1. The van der Waals surface area contributed by atoms with Gasteiger partial charge in [-0.05, 0) is 17.7 Å². The van der Waals surface area contributed by atoms with Gasteiger partial charge in [0, 0.05) is 17.7 Å². The summed E-state index contributed by atoms with van der Waals surface area (Å²) in [4.78, 5) is 22.8. The van der Waals surface area contributed by atoms with Gasteiger partial charge in [0.05, 0.1) is 10.6 Å². The molecule has 1 atom stereocenters. The minimum Gasteiger partial charge on any atom is -0.457 e. The van der Waals surface area contributed by atoms with Crippen molar-refractivity contribution in [3.05, 3.63) is 112 Å². The molecule has 3 aromatic rings. The van der Waals surface area contributed by atoms with Crippen LogP contribution < -0.4 is 15.4 Å². The maximum absolute atomic E-state index is 12.4. The normalized spacial score (nSPS) is 16.0. The minimum atomic E-state index is -0.518. The number of urea groups is 1. The Kier molecular flexibility index (Phi) is 4.94. The van der Waals surface area contributed by atoms with Crippen LogP contribution in [0.25, 0.3) is 5.70 Å². The number of non-ortho nitro benzene ring substituents is 1. The number of ether oxygens (including phenoxy) is 1. The third kappa shape index (κ3) is 3.93. The topological polar surface area (TPSA) is 93.5 Å². The van der Waals surface area contributed by atoms with Crippen molar-refractivity contribution < 1.29 is 14.5 Å². The van der Waals surface area contributed by atoms with Gasteiger partial charge in [-0.25, -0.2) is 4.79 Å². The highest BCUT2D eigenvalue weighted by Gasteiger charge is 2.31. The minimum absolute atomic E-state index is 0.0238. The number of hydrogen-bond acceptors (Lipinski definition) is 4. The summed E-state index contributed by atoms with van der Waals surface area (Å²) in [5.41, 5.74) is 2.17. The van der Waals surface area contributed by atoms with Gasteiger partial charge in [-0.2, -0.15) is 0 Å². The third-order valence-corrected chi connectivity index (χ3v) is 4.49. The lowest BCUT2D eigenvalue weighted by atomic mass is 9.99. The first kappa shape index (κ1) is 18.2. The molecule has 1 unspecified atom stereocenters. The summed E-state index contributed by atoms with van der Waals surface area (Å²) in [7, 11) is 0. The zero-order valence-corrected chi connectivity index (χ0v) is 15.2. The molecule has 7 heteroatoms. The molecule has 3 aromatic carbocycles. The van der Waals surface area contributed by atoms with E-state index in [0.717, 1.165) is 11.1 Å². The summed E-state index contributed by atoms with van der Waals surface area (Å²) in [5, 5.41) is 16.6. The van der Waals surface area contributed by atoms with Gasteiger partial charge in [-0.1, -0.05) is 60.7 Å². The van der Waals surface area contributed by atoms with E-state index in [9.17, 15) is 14.9 Å². The van der Waals surface area contributed by atoms with Gasteiger partial charge >= 0.3 is 6.03 Å². The monoisotopic (exact) mass is 387 g/mol. The van der Waals surface area contributed by atoms with Crippen LogP contribution in [0.2, 0.25) is 0 Å². The van der Waals surface area contributed by atoms with Crippen LogP contribution in [0, 0.1) is 10.1 Å². The molecule has 0 aliphatic carbocycles. The van der Waals surface area contributed by atoms with Crippen LogP contribution in [-0.4, -0.2) is 11.0 Å². The Morgan fingerprint density at radius 3 is 2.10 bits per heavy atom. The van der Waals surface area contributed by atoms with E-state index >= 15 is 0 Å². The number of benzene rings is 3. The zero-order chi connectivity index (χ0) is 20.2. The number of nitro groups is 1. The van der Waals surface area contributed by atoms with E-state index in [1.165, 1.54) is 24.3 Å². The van der Waals surface area contributed by atoms with Crippen LogP contribution in [0.4, 0.5) is 10.5 Å². The van der Waals surface area contributed by atoms with Crippen molar-refractivity contribution in [3.63, 3.8) is 0 Å². The van der Waals surface area contributed by atoms with Gasteiger partial charge in [-0.15, -0.1) is 0 Å². The van der Waals surface area contributed by atoms with Crippen molar-refractivity contribution in [2.75, 3.05) is 0 Å². The average Bonchev–Trinajstić information content (AvgIpc) is 2.76. The summed E-state index contributed by atoms with van der Waals surface area (Å²) >= 11 is 0. The second-order valence-corrected chi connectivity index (χ2v) is 6.40. The Labute approximate surface area is 166 Å². The molecule has 2 amide bonds. The predicted molar refractivity (Wildman–Crippen MR) is 108 cm³/mol. The average molecular weight is 387 g/mol. The van der Waals surface area contributed by atoms with E-state index in [-0.39, 0.29) is 11.7 Å². The Bertz CT molecular complexity index is 1060. The maximum Gasteiger partial charge on any atom is 0.320 e. The number of nitrogens with zero attached hydrogens (tertiary/aromatic N) is 1. The summed E-state index contributed by atoms with van der Waals surface area (Å²) in [5.74, 6) is 0.925. The van der Waals surface area contributed by atoms with E-state index in [0.29, 0.717) is 17.2 Å². The molecule has 1 aliphatic heterocycles. The lowest BCUT2D eigenvalue weighted by Gasteiger charge is -2.30. The Hall–Kier alpha value is -4.13. The second kappa shape index (κ2) is 7.85. The molecule has 0 fully saturated rings. The fraction of sp³-hybridized carbons (Fsp3) is 0.0455. The molecular weight excluding hydrogens is 370 g/mol. The molecule has 0 bridgehead atoms. The van der Waals surface area contributed by atoms with Crippen LogP contribution in [0.15, 0.2) is 90.7 Å². The van der Waals surface area contributed by atoms with Gasteiger partial charge in [0.1, 0.15) is 11.8 Å². The highest BCUT2D eigenvalue weighted by molar-refractivity contribution is 5.89. The zero-order valence-electron chi connectivity index (χ0n) is 15.2. The molecule has 1 heterocycles. The quantitative estimate of drug-likeness (QED) is 0.501. The second-order valence-electron chi connectivity index (χ2n) is 6.40. The summed E-state index contributed by atoms with van der Waals surface area (Å²) in [6.45, 7) is 0. The van der Waals surface area contributed by atoms with E-state index in [1.807, 2.05) is 60.7 Å². The van der Waals surface area contributed by atoms with Crippen molar-refractivity contribution in [1.29, 1.82) is 0 Å². The van der Waals surface area contributed by atoms with Crippen LogP contribution in [-0.2, 0) is 0 Å². The fourth-order valence-electron chi connectivity index (χ4n) is 3.12. The van der Waals surface area contributed by atoms with Crippen LogP contribution in [0.3, 0.4) is 0 Å². The van der Waals surface area contributed by atoms with Gasteiger partial charge in [0.25, 0.3) is 5.69 Å². The molecule has 0 spiro atoms. The number of rotatable bonds is 5. The Morgan fingerprint density at radius 1 is 0.862 bits per heavy atom. The highest BCUT2D eigenvalue weighted by Crippen LogP contribution is 2.33. The number of nitrogens with one attached hydrogen (secondary N) is 2. The summed E-state index contributed by atoms with van der Waals surface area (Å²) < 4.78 is 6.15. The highest BCUT2D eigenvalue weighted by atomic mass is 16.6. The molecule has 0 aromatic heterocycles. The molecule has 2 N–H and O–H groups in total. The van der Waals surface area contributed by atoms with Crippen molar-refractivity contribution in [3.8, 4) is 5.75 Å². The van der Waals surface area contributed by atoms with Crippen molar-refractivity contribution >= 4 is 17.4 Å². The van der Waals surface area contributed by atoms with E-state index < -0.39 is 11.0 Å². The number of amides is 2. The number of carbonyl (C=O) groups is 1.